The molecule has 19 heavy (non-hydrogen) atoms. The van der Waals surface area contributed by atoms with Crippen LogP contribution >= 0.6 is 0 Å². The number of nitrogens with one attached hydrogen (secondary N) is 1. The van der Waals surface area contributed by atoms with Crippen LogP contribution in [0.3, 0.4) is 0 Å². The fourth-order valence-corrected chi connectivity index (χ4v) is 1.87. The van der Waals surface area contributed by atoms with Crippen LogP contribution in [0.5, 0.6) is 0 Å². The fourth-order valence-electron chi connectivity index (χ4n) is 1.87. The predicted octanol–water partition coefficient (Wildman–Crippen LogP) is 1.80. The van der Waals surface area contributed by atoms with E-state index in [0.29, 0.717) is 12.1 Å². The highest BCUT2D eigenvalue weighted by Gasteiger charge is 2.15. The summed E-state index contributed by atoms with van der Waals surface area (Å²) in [5.74, 6) is -1.17. The SMILES string of the molecule is O=C(O)c1occc1CNC(CO)c1ccccc1. The second-order valence-electron chi connectivity index (χ2n) is 4.11. The van der Waals surface area contributed by atoms with E-state index >= 15 is 0 Å². The second-order valence-corrected chi connectivity index (χ2v) is 4.11. The van der Waals surface area contributed by atoms with Crippen molar-refractivity contribution in [2.24, 2.45) is 0 Å². The number of carbonyl (C=O) groups is 1. The molecule has 0 aliphatic heterocycles. The Labute approximate surface area is 110 Å². The number of aromatic carboxylic acids is 1. The Morgan fingerprint density at radius 1 is 1.26 bits per heavy atom. The van der Waals surface area contributed by atoms with E-state index in [1.54, 1.807) is 6.07 Å². The zero-order valence-electron chi connectivity index (χ0n) is 10.2. The first-order valence-corrected chi connectivity index (χ1v) is 5.91. The first-order valence-electron chi connectivity index (χ1n) is 5.91. The number of aliphatic hydroxyl groups excluding tert-OH is 1. The van der Waals surface area contributed by atoms with Gasteiger partial charge in [0.1, 0.15) is 0 Å². The Morgan fingerprint density at radius 2 is 2.00 bits per heavy atom. The molecule has 1 aromatic carbocycles. The van der Waals surface area contributed by atoms with Gasteiger partial charge in [-0.1, -0.05) is 30.3 Å². The summed E-state index contributed by atoms with van der Waals surface area (Å²) in [5, 5.41) is 21.4. The number of hydrogen-bond donors (Lipinski definition) is 3. The van der Waals surface area contributed by atoms with Crippen LogP contribution in [0.2, 0.25) is 0 Å². The Kier molecular flexibility index (Phi) is 4.33. The number of furan rings is 1. The van der Waals surface area contributed by atoms with Gasteiger partial charge in [0.05, 0.1) is 18.9 Å². The smallest absolute Gasteiger partial charge is 0.372 e. The molecule has 0 aliphatic rings. The Morgan fingerprint density at radius 3 is 2.63 bits per heavy atom. The zero-order valence-corrected chi connectivity index (χ0v) is 10.2. The number of rotatable bonds is 6. The van der Waals surface area contributed by atoms with E-state index in [1.165, 1.54) is 6.26 Å². The van der Waals surface area contributed by atoms with E-state index in [0.717, 1.165) is 5.56 Å². The van der Waals surface area contributed by atoms with Gasteiger partial charge < -0.3 is 19.9 Å². The highest BCUT2D eigenvalue weighted by Crippen LogP contribution is 2.15. The zero-order chi connectivity index (χ0) is 13.7. The maximum absolute atomic E-state index is 10.9. The van der Waals surface area contributed by atoms with Gasteiger partial charge in [0, 0.05) is 12.1 Å². The van der Waals surface area contributed by atoms with Crippen LogP contribution in [-0.4, -0.2) is 22.8 Å². The average molecular weight is 261 g/mol. The molecule has 0 fully saturated rings. The molecule has 1 aromatic heterocycles. The molecule has 2 rings (SSSR count). The summed E-state index contributed by atoms with van der Waals surface area (Å²) in [5.41, 5.74) is 1.51. The van der Waals surface area contributed by atoms with Crippen LogP contribution in [0.25, 0.3) is 0 Å². The van der Waals surface area contributed by atoms with Crippen LogP contribution in [0.1, 0.15) is 27.7 Å². The van der Waals surface area contributed by atoms with Gasteiger partial charge in [0.15, 0.2) is 0 Å². The summed E-state index contributed by atoms with van der Waals surface area (Å²) in [6, 6.07) is 10.9. The van der Waals surface area contributed by atoms with Crippen LogP contribution in [0, 0.1) is 0 Å². The molecule has 3 N–H and O–H groups in total. The molecule has 0 aliphatic carbocycles. The molecule has 5 nitrogen and oxygen atoms in total. The van der Waals surface area contributed by atoms with E-state index < -0.39 is 5.97 Å². The summed E-state index contributed by atoms with van der Waals surface area (Å²) in [4.78, 5) is 10.9. The molecule has 0 spiro atoms. The van der Waals surface area contributed by atoms with E-state index in [4.69, 9.17) is 9.52 Å². The summed E-state index contributed by atoms with van der Waals surface area (Å²) >= 11 is 0. The molecule has 5 heteroatoms. The Bertz CT molecular complexity index is 535. The minimum atomic E-state index is -1.10. The van der Waals surface area contributed by atoms with Crippen molar-refractivity contribution in [3.05, 3.63) is 59.5 Å². The van der Waals surface area contributed by atoms with Gasteiger partial charge in [-0.05, 0) is 11.6 Å². The highest BCUT2D eigenvalue weighted by atomic mass is 16.4. The first-order chi connectivity index (χ1) is 9.22. The molecule has 2 aromatic rings. The molecule has 0 bridgehead atoms. The van der Waals surface area contributed by atoms with Gasteiger partial charge in [0.2, 0.25) is 5.76 Å². The van der Waals surface area contributed by atoms with Gasteiger partial charge in [-0.3, -0.25) is 0 Å². The maximum atomic E-state index is 10.9. The Hall–Kier alpha value is -2.11. The number of hydrogen-bond acceptors (Lipinski definition) is 4. The normalized spacial score (nSPS) is 12.3. The van der Waals surface area contributed by atoms with Gasteiger partial charge in [-0.15, -0.1) is 0 Å². The molecule has 0 amide bonds. The van der Waals surface area contributed by atoms with Gasteiger partial charge in [-0.25, -0.2) is 4.79 Å². The third-order valence-corrected chi connectivity index (χ3v) is 2.86. The molecule has 100 valence electrons. The van der Waals surface area contributed by atoms with Gasteiger partial charge in [0.25, 0.3) is 0 Å². The van der Waals surface area contributed by atoms with Crippen molar-refractivity contribution in [2.75, 3.05) is 6.61 Å². The predicted molar refractivity (Wildman–Crippen MR) is 68.8 cm³/mol. The average Bonchev–Trinajstić information content (AvgIpc) is 2.89. The lowest BCUT2D eigenvalue weighted by atomic mass is 10.1. The topological polar surface area (TPSA) is 82.7 Å². The minimum absolute atomic E-state index is 0.0652. The second kappa shape index (κ2) is 6.17. The molecule has 1 heterocycles. The lowest BCUT2D eigenvalue weighted by molar-refractivity contribution is 0.0660. The third kappa shape index (κ3) is 3.21. The van der Waals surface area contributed by atoms with Crippen molar-refractivity contribution >= 4 is 5.97 Å². The molecule has 1 unspecified atom stereocenters. The number of aliphatic hydroxyl groups is 1. The summed E-state index contributed by atoms with van der Waals surface area (Å²) in [7, 11) is 0. The fraction of sp³-hybridized carbons (Fsp3) is 0.214. The maximum Gasteiger partial charge on any atom is 0.372 e. The van der Waals surface area contributed by atoms with Crippen molar-refractivity contribution in [3.63, 3.8) is 0 Å². The van der Waals surface area contributed by atoms with E-state index in [1.807, 2.05) is 30.3 Å². The van der Waals surface area contributed by atoms with E-state index in [-0.39, 0.29) is 18.4 Å². The standard InChI is InChI=1S/C14H15NO4/c16-9-12(10-4-2-1-3-5-10)15-8-11-6-7-19-13(11)14(17)18/h1-7,12,15-16H,8-9H2,(H,17,18). The summed E-state index contributed by atoms with van der Waals surface area (Å²) < 4.78 is 4.90. The van der Waals surface area contributed by atoms with Crippen LogP contribution in [0.4, 0.5) is 0 Å². The molecule has 1 atom stereocenters. The lowest BCUT2D eigenvalue weighted by Gasteiger charge is -2.16. The summed E-state index contributed by atoms with van der Waals surface area (Å²) in [6.07, 6.45) is 1.34. The molecule has 0 saturated carbocycles. The van der Waals surface area contributed by atoms with Crippen molar-refractivity contribution in [1.29, 1.82) is 0 Å². The molecular weight excluding hydrogens is 246 g/mol. The van der Waals surface area contributed by atoms with Crippen LogP contribution in [-0.2, 0) is 6.54 Å². The highest BCUT2D eigenvalue weighted by molar-refractivity contribution is 5.86. The van der Waals surface area contributed by atoms with Crippen molar-refractivity contribution < 1.29 is 19.4 Å². The molecular formula is C14H15NO4. The van der Waals surface area contributed by atoms with E-state index in [2.05, 4.69) is 5.32 Å². The third-order valence-electron chi connectivity index (χ3n) is 2.86. The van der Waals surface area contributed by atoms with Crippen molar-refractivity contribution in [1.82, 2.24) is 5.32 Å². The first kappa shape index (κ1) is 13.3. The van der Waals surface area contributed by atoms with Crippen molar-refractivity contribution in [3.8, 4) is 0 Å². The van der Waals surface area contributed by atoms with Crippen LogP contribution in [0.15, 0.2) is 47.1 Å². The number of benzene rings is 1. The van der Waals surface area contributed by atoms with Gasteiger partial charge in [-0.2, -0.15) is 0 Å². The monoisotopic (exact) mass is 261 g/mol. The van der Waals surface area contributed by atoms with Gasteiger partial charge >= 0.3 is 5.97 Å². The molecule has 0 radical (unpaired) electrons. The summed E-state index contributed by atoms with van der Waals surface area (Å²) in [6.45, 7) is 0.253. The van der Waals surface area contributed by atoms with E-state index in [9.17, 15) is 9.90 Å². The van der Waals surface area contributed by atoms with Crippen molar-refractivity contribution in [2.45, 2.75) is 12.6 Å². The number of carboxylic acids is 1. The largest absolute Gasteiger partial charge is 0.475 e. The Balaban J connectivity index is 2.04. The minimum Gasteiger partial charge on any atom is -0.475 e. The molecule has 0 saturated heterocycles. The quantitative estimate of drug-likeness (QED) is 0.738. The number of carboxylic acid groups (broad SMARTS) is 1. The lowest BCUT2D eigenvalue weighted by Crippen LogP contribution is -2.24. The van der Waals surface area contributed by atoms with Crippen LogP contribution < -0.4 is 5.32 Å².